The molecule has 0 spiro atoms. The third kappa shape index (κ3) is 7.51. The van der Waals surface area contributed by atoms with Crippen LogP contribution in [0.4, 0.5) is 0 Å². The Labute approximate surface area is 112 Å². The van der Waals surface area contributed by atoms with Crippen molar-refractivity contribution in [2.45, 2.75) is 39.7 Å². The van der Waals surface area contributed by atoms with Crippen molar-refractivity contribution in [3.05, 3.63) is 24.2 Å². The zero-order chi connectivity index (χ0) is 13.2. The van der Waals surface area contributed by atoms with Crippen molar-refractivity contribution in [3.8, 4) is 0 Å². The largest absolute Gasteiger partial charge is 0.472 e. The van der Waals surface area contributed by atoms with Crippen molar-refractivity contribution >= 4 is 0 Å². The van der Waals surface area contributed by atoms with Gasteiger partial charge in [0.05, 0.1) is 12.5 Å². The van der Waals surface area contributed by atoms with E-state index in [-0.39, 0.29) is 0 Å². The van der Waals surface area contributed by atoms with E-state index in [9.17, 15) is 0 Å². The molecule has 0 unspecified atom stereocenters. The fraction of sp³-hybridized carbons (Fsp3) is 0.733. The SMILES string of the molecule is CC(C)CNCCCCCN(C)Cc1ccoc1. The molecule has 1 N–H and O–H groups in total. The lowest BCUT2D eigenvalue weighted by Gasteiger charge is -2.15. The summed E-state index contributed by atoms with van der Waals surface area (Å²) in [7, 11) is 2.17. The summed E-state index contributed by atoms with van der Waals surface area (Å²) in [6, 6.07) is 2.03. The van der Waals surface area contributed by atoms with Crippen molar-refractivity contribution in [2.24, 2.45) is 5.92 Å². The second-order valence-corrected chi connectivity index (χ2v) is 5.53. The molecule has 0 aliphatic carbocycles. The lowest BCUT2D eigenvalue weighted by molar-refractivity contribution is 0.315. The summed E-state index contributed by atoms with van der Waals surface area (Å²) in [6.45, 7) is 8.94. The normalized spacial score (nSPS) is 11.6. The van der Waals surface area contributed by atoms with E-state index in [1.807, 2.05) is 12.3 Å². The molecule has 0 bridgehead atoms. The average Bonchev–Trinajstić information content (AvgIpc) is 2.80. The van der Waals surface area contributed by atoms with Gasteiger partial charge in [0.1, 0.15) is 0 Å². The predicted octanol–water partition coefficient (Wildman–Crippen LogP) is 3.13. The maximum Gasteiger partial charge on any atom is 0.0947 e. The van der Waals surface area contributed by atoms with Crippen molar-refractivity contribution in [2.75, 3.05) is 26.7 Å². The lowest BCUT2D eigenvalue weighted by Crippen LogP contribution is -2.21. The molecule has 0 radical (unpaired) electrons. The van der Waals surface area contributed by atoms with Crippen LogP contribution in [0.2, 0.25) is 0 Å². The first-order valence-corrected chi connectivity index (χ1v) is 7.09. The van der Waals surface area contributed by atoms with E-state index in [1.165, 1.54) is 24.8 Å². The highest BCUT2D eigenvalue weighted by atomic mass is 16.3. The monoisotopic (exact) mass is 252 g/mol. The molecule has 1 heterocycles. The quantitative estimate of drug-likeness (QED) is 0.649. The van der Waals surface area contributed by atoms with Crippen molar-refractivity contribution in [1.29, 1.82) is 0 Å². The maximum atomic E-state index is 5.07. The average molecular weight is 252 g/mol. The maximum absolute atomic E-state index is 5.07. The van der Waals surface area contributed by atoms with Crippen molar-refractivity contribution < 1.29 is 4.42 Å². The van der Waals surface area contributed by atoms with Crippen LogP contribution in [0.3, 0.4) is 0 Å². The van der Waals surface area contributed by atoms with Crippen molar-refractivity contribution in [1.82, 2.24) is 10.2 Å². The number of rotatable bonds is 10. The van der Waals surface area contributed by atoms with Gasteiger partial charge in [0, 0.05) is 12.1 Å². The van der Waals surface area contributed by atoms with Gasteiger partial charge >= 0.3 is 0 Å². The summed E-state index contributed by atoms with van der Waals surface area (Å²) in [4.78, 5) is 2.35. The molecule has 0 saturated heterocycles. The van der Waals surface area contributed by atoms with Crippen molar-refractivity contribution in [3.63, 3.8) is 0 Å². The molecule has 0 fully saturated rings. The summed E-state index contributed by atoms with van der Waals surface area (Å²) < 4.78 is 5.07. The van der Waals surface area contributed by atoms with Gasteiger partial charge in [-0.1, -0.05) is 20.3 Å². The van der Waals surface area contributed by atoms with E-state index in [4.69, 9.17) is 4.42 Å². The van der Waals surface area contributed by atoms with Crippen LogP contribution in [0.15, 0.2) is 23.0 Å². The minimum Gasteiger partial charge on any atom is -0.472 e. The molecule has 0 aliphatic heterocycles. The molecule has 3 nitrogen and oxygen atoms in total. The molecule has 1 aromatic rings. The van der Waals surface area contributed by atoms with E-state index in [0.717, 1.165) is 32.1 Å². The first-order valence-electron chi connectivity index (χ1n) is 7.09. The summed E-state index contributed by atoms with van der Waals surface area (Å²) >= 11 is 0. The molecular formula is C15H28N2O. The Hall–Kier alpha value is -0.800. The standard InChI is InChI=1S/C15H28N2O/c1-14(2)11-16-8-5-4-6-9-17(3)12-15-7-10-18-13-15/h7,10,13-14,16H,4-6,8-9,11-12H2,1-3H3. The highest BCUT2D eigenvalue weighted by Gasteiger charge is 2.01. The molecular weight excluding hydrogens is 224 g/mol. The molecule has 0 aliphatic rings. The van der Waals surface area contributed by atoms with E-state index in [1.54, 1.807) is 6.26 Å². The van der Waals surface area contributed by atoms with Crippen LogP contribution >= 0.6 is 0 Å². The van der Waals surface area contributed by atoms with Crippen LogP contribution in [0.1, 0.15) is 38.7 Å². The zero-order valence-electron chi connectivity index (χ0n) is 12.1. The van der Waals surface area contributed by atoms with Crippen LogP contribution in [0.25, 0.3) is 0 Å². The van der Waals surface area contributed by atoms with E-state index in [0.29, 0.717) is 0 Å². The molecule has 1 rings (SSSR count). The molecule has 0 amide bonds. The summed E-state index contributed by atoms with van der Waals surface area (Å²) in [6.07, 6.45) is 7.43. The van der Waals surface area contributed by atoms with Crippen LogP contribution < -0.4 is 5.32 Å². The van der Waals surface area contributed by atoms with Gasteiger partial charge in [0.25, 0.3) is 0 Å². The number of hydrogen-bond donors (Lipinski definition) is 1. The number of nitrogens with zero attached hydrogens (tertiary/aromatic N) is 1. The van der Waals surface area contributed by atoms with Gasteiger partial charge in [0.15, 0.2) is 0 Å². The fourth-order valence-corrected chi connectivity index (χ4v) is 1.97. The first-order chi connectivity index (χ1) is 8.68. The second kappa shape index (κ2) is 9.17. The summed E-state index contributed by atoms with van der Waals surface area (Å²) in [5.41, 5.74) is 1.26. The van der Waals surface area contributed by atoms with E-state index < -0.39 is 0 Å². The van der Waals surface area contributed by atoms with Crippen LogP contribution in [-0.2, 0) is 6.54 Å². The summed E-state index contributed by atoms with van der Waals surface area (Å²) in [5, 5.41) is 3.48. The highest BCUT2D eigenvalue weighted by molar-refractivity contribution is 5.04. The van der Waals surface area contributed by atoms with Gasteiger partial charge in [-0.2, -0.15) is 0 Å². The Balaban J connectivity index is 1.91. The Kier molecular flexibility index (Phi) is 7.78. The van der Waals surface area contributed by atoms with Crippen LogP contribution in [0.5, 0.6) is 0 Å². The molecule has 0 aromatic carbocycles. The molecule has 0 atom stereocenters. The second-order valence-electron chi connectivity index (χ2n) is 5.53. The highest BCUT2D eigenvalue weighted by Crippen LogP contribution is 2.05. The fourth-order valence-electron chi connectivity index (χ4n) is 1.97. The lowest BCUT2D eigenvalue weighted by atomic mass is 10.2. The molecule has 3 heteroatoms. The van der Waals surface area contributed by atoms with Crippen LogP contribution in [0, 0.1) is 5.92 Å². The first kappa shape index (κ1) is 15.3. The smallest absolute Gasteiger partial charge is 0.0947 e. The summed E-state index contributed by atoms with van der Waals surface area (Å²) in [5.74, 6) is 0.756. The number of furan rings is 1. The third-order valence-electron chi connectivity index (χ3n) is 2.98. The Morgan fingerprint density at radius 1 is 1.28 bits per heavy atom. The van der Waals surface area contributed by atoms with Gasteiger partial charge in [-0.3, -0.25) is 0 Å². The Morgan fingerprint density at radius 2 is 2.11 bits per heavy atom. The predicted molar refractivity (Wildman–Crippen MR) is 76.6 cm³/mol. The number of nitrogens with one attached hydrogen (secondary N) is 1. The van der Waals surface area contributed by atoms with Gasteiger partial charge in [0.2, 0.25) is 0 Å². The molecule has 0 saturated carbocycles. The zero-order valence-corrected chi connectivity index (χ0v) is 12.1. The number of hydrogen-bond acceptors (Lipinski definition) is 3. The molecule has 18 heavy (non-hydrogen) atoms. The molecule has 104 valence electrons. The van der Waals surface area contributed by atoms with Gasteiger partial charge in [-0.25, -0.2) is 0 Å². The molecule has 1 aromatic heterocycles. The van der Waals surface area contributed by atoms with Gasteiger partial charge in [-0.05, 0) is 51.5 Å². The van der Waals surface area contributed by atoms with Gasteiger partial charge < -0.3 is 14.6 Å². The minimum atomic E-state index is 0.756. The topological polar surface area (TPSA) is 28.4 Å². The Morgan fingerprint density at radius 3 is 2.78 bits per heavy atom. The minimum absolute atomic E-state index is 0.756. The van der Waals surface area contributed by atoms with Crippen LogP contribution in [-0.4, -0.2) is 31.6 Å². The Bertz CT molecular complexity index is 283. The van der Waals surface area contributed by atoms with E-state index in [2.05, 4.69) is 31.1 Å². The van der Waals surface area contributed by atoms with E-state index >= 15 is 0 Å². The third-order valence-corrected chi connectivity index (χ3v) is 2.98. The number of unbranched alkanes of at least 4 members (excludes halogenated alkanes) is 2. The van der Waals surface area contributed by atoms with Gasteiger partial charge in [-0.15, -0.1) is 0 Å².